The second kappa shape index (κ2) is 3.80. The minimum absolute atomic E-state index is 1.11. The standard InChI is InChI=1S/C14H10BrN/c15-11-4-1-3-10(9-11)12-5-2-6-14-13(12)7-8-16-14/h1-9,16H. The lowest BCUT2D eigenvalue weighted by Crippen LogP contribution is -1.78. The molecule has 0 aliphatic carbocycles. The van der Waals surface area contributed by atoms with Crippen molar-refractivity contribution in [3.8, 4) is 11.1 Å². The van der Waals surface area contributed by atoms with Crippen molar-refractivity contribution in [2.24, 2.45) is 0 Å². The normalized spacial score (nSPS) is 10.8. The fraction of sp³-hybridized carbons (Fsp3) is 0. The Balaban J connectivity index is 2.29. The molecular weight excluding hydrogens is 262 g/mol. The van der Waals surface area contributed by atoms with E-state index in [1.807, 2.05) is 12.3 Å². The molecule has 0 amide bonds. The van der Waals surface area contributed by atoms with Gasteiger partial charge in [-0.05, 0) is 35.4 Å². The number of hydrogen-bond donors (Lipinski definition) is 1. The molecule has 78 valence electrons. The summed E-state index contributed by atoms with van der Waals surface area (Å²) in [6.07, 6.45) is 1.98. The number of H-pyrrole nitrogens is 1. The lowest BCUT2D eigenvalue weighted by molar-refractivity contribution is 1.48. The third kappa shape index (κ3) is 1.55. The van der Waals surface area contributed by atoms with Crippen LogP contribution >= 0.6 is 15.9 Å². The molecule has 1 N–H and O–H groups in total. The average Bonchev–Trinajstić information content (AvgIpc) is 2.76. The van der Waals surface area contributed by atoms with E-state index in [0.717, 1.165) is 4.47 Å². The number of nitrogens with one attached hydrogen (secondary N) is 1. The maximum Gasteiger partial charge on any atom is 0.0460 e. The number of fused-ring (bicyclic) bond motifs is 1. The number of halogens is 1. The van der Waals surface area contributed by atoms with E-state index >= 15 is 0 Å². The summed E-state index contributed by atoms with van der Waals surface area (Å²) in [6, 6.07) is 16.8. The molecule has 0 aliphatic heterocycles. The molecule has 2 aromatic carbocycles. The molecule has 0 saturated carbocycles. The molecule has 0 unspecified atom stereocenters. The Morgan fingerprint density at radius 2 is 1.81 bits per heavy atom. The summed E-state index contributed by atoms with van der Waals surface area (Å²) in [5, 5.41) is 1.26. The fourth-order valence-corrected chi connectivity index (χ4v) is 2.39. The van der Waals surface area contributed by atoms with E-state index in [4.69, 9.17) is 0 Å². The first-order valence-corrected chi connectivity index (χ1v) is 5.96. The highest BCUT2D eigenvalue weighted by Gasteiger charge is 2.03. The summed E-state index contributed by atoms with van der Waals surface area (Å²) in [6.45, 7) is 0. The summed E-state index contributed by atoms with van der Waals surface area (Å²) >= 11 is 3.51. The summed E-state index contributed by atoms with van der Waals surface area (Å²) in [7, 11) is 0. The Bertz CT molecular complexity index is 640. The van der Waals surface area contributed by atoms with Crippen molar-refractivity contribution < 1.29 is 0 Å². The maximum atomic E-state index is 3.51. The van der Waals surface area contributed by atoms with E-state index in [2.05, 4.69) is 63.4 Å². The molecule has 0 fully saturated rings. The van der Waals surface area contributed by atoms with Crippen LogP contribution in [-0.2, 0) is 0 Å². The van der Waals surface area contributed by atoms with E-state index in [-0.39, 0.29) is 0 Å². The van der Waals surface area contributed by atoms with Crippen molar-refractivity contribution >= 4 is 26.8 Å². The highest BCUT2D eigenvalue weighted by Crippen LogP contribution is 2.29. The summed E-state index contributed by atoms with van der Waals surface area (Å²) in [5.74, 6) is 0. The minimum Gasteiger partial charge on any atom is -0.361 e. The number of hydrogen-bond acceptors (Lipinski definition) is 0. The van der Waals surface area contributed by atoms with Gasteiger partial charge in [-0.25, -0.2) is 0 Å². The van der Waals surface area contributed by atoms with Crippen LogP contribution in [-0.4, -0.2) is 4.98 Å². The minimum atomic E-state index is 1.11. The molecule has 0 spiro atoms. The first kappa shape index (κ1) is 9.67. The van der Waals surface area contributed by atoms with Gasteiger partial charge in [-0.15, -0.1) is 0 Å². The van der Waals surface area contributed by atoms with Gasteiger partial charge in [-0.2, -0.15) is 0 Å². The van der Waals surface area contributed by atoms with Gasteiger partial charge >= 0.3 is 0 Å². The Labute approximate surface area is 102 Å². The van der Waals surface area contributed by atoms with Crippen molar-refractivity contribution in [3.05, 3.63) is 59.2 Å². The van der Waals surface area contributed by atoms with Crippen molar-refractivity contribution in [3.63, 3.8) is 0 Å². The Hall–Kier alpha value is -1.54. The fourth-order valence-electron chi connectivity index (χ4n) is 1.99. The predicted octanol–water partition coefficient (Wildman–Crippen LogP) is 4.60. The van der Waals surface area contributed by atoms with Crippen LogP contribution in [0, 0.1) is 0 Å². The number of rotatable bonds is 1. The quantitative estimate of drug-likeness (QED) is 0.666. The van der Waals surface area contributed by atoms with Crippen LogP contribution in [0.3, 0.4) is 0 Å². The zero-order valence-electron chi connectivity index (χ0n) is 8.57. The molecule has 16 heavy (non-hydrogen) atoms. The van der Waals surface area contributed by atoms with Gasteiger partial charge in [0, 0.05) is 21.6 Å². The average molecular weight is 272 g/mol. The number of aromatic amines is 1. The monoisotopic (exact) mass is 271 g/mol. The summed E-state index contributed by atoms with van der Waals surface area (Å²) in [4.78, 5) is 3.23. The van der Waals surface area contributed by atoms with Gasteiger partial charge in [0.15, 0.2) is 0 Å². The molecule has 0 radical (unpaired) electrons. The smallest absolute Gasteiger partial charge is 0.0460 e. The second-order valence-corrected chi connectivity index (χ2v) is 4.67. The largest absolute Gasteiger partial charge is 0.361 e. The lowest BCUT2D eigenvalue weighted by atomic mass is 10.0. The summed E-state index contributed by atoms with van der Waals surface area (Å²) < 4.78 is 1.11. The van der Waals surface area contributed by atoms with E-state index in [0.29, 0.717) is 0 Å². The molecular formula is C14H10BrN. The lowest BCUT2D eigenvalue weighted by Gasteiger charge is -2.04. The van der Waals surface area contributed by atoms with Crippen molar-refractivity contribution in [1.29, 1.82) is 0 Å². The Morgan fingerprint density at radius 3 is 2.69 bits per heavy atom. The van der Waals surface area contributed by atoms with Crippen LogP contribution in [0.15, 0.2) is 59.2 Å². The van der Waals surface area contributed by atoms with Gasteiger partial charge in [0.1, 0.15) is 0 Å². The zero-order chi connectivity index (χ0) is 11.0. The topological polar surface area (TPSA) is 15.8 Å². The SMILES string of the molecule is Brc1cccc(-c2cccc3[nH]ccc23)c1. The molecule has 1 heterocycles. The third-order valence-electron chi connectivity index (χ3n) is 2.73. The van der Waals surface area contributed by atoms with Crippen LogP contribution < -0.4 is 0 Å². The third-order valence-corrected chi connectivity index (χ3v) is 3.22. The van der Waals surface area contributed by atoms with Crippen LogP contribution in [0.5, 0.6) is 0 Å². The van der Waals surface area contributed by atoms with E-state index < -0.39 is 0 Å². The van der Waals surface area contributed by atoms with Crippen molar-refractivity contribution in [2.75, 3.05) is 0 Å². The van der Waals surface area contributed by atoms with Crippen molar-refractivity contribution in [2.45, 2.75) is 0 Å². The first-order chi connectivity index (χ1) is 7.84. The van der Waals surface area contributed by atoms with Crippen LogP contribution in [0.2, 0.25) is 0 Å². The first-order valence-electron chi connectivity index (χ1n) is 5.17. The molecule has 3 rings (SSSR count). The molecule has 0 saturated heterocycles. The highest BCUT2D eigenvalue weighted by atomic mass is 79.9. The van der Waals surface area contributed by atoms with Gasteiger partial charge in [-0.3, -0.25) is 0 Å². The molecule has 1 aromatic heterocycles. The van der Waals surface area contributed by atoms with E-state index in [9.17, 15) is 0 Å². The zero-order valence-corrected chi connectivity index (χ0v) is 10.2. The molecule has 1 nitrogen and oxygen atoms in total. The maximum absolute atomic E-state index is 3.51. The Morgan fingerprint density at radius 1 is 0.938 bits per heavy atom. The van der Waals surface area contributed by atoms with E-state index in [1.165, 1.54) is 22.0 Å². The molecule has 0 bridgehead atoms. The molecule has 2 heteroatoms. The summed E-state index contributed by atoms with van der Waals surface area (Å²) in [5.41, 5.74) is 3.68. The molecule has 0 aliphatic rings. The molecule has 3 aromatic rings. The van der Waals surface area contributed by atoms with Gasteiger partial charge in [-0.1, -0.05) is 40.2 Å². The number of benzene rings is 2. The van der Waals surface area contributed by atoms with Crippen LogP contribution in [0.1, 0.15) is 0 Å². The number of aromatic nitrogens is 1. The second-order valence-electron chi connectivity index (χ2n) is 3.75. The molecule has 0 atom stereocenters. The van der Waals surface area contributed by atoms with Gasteiger partial charge in [0.25, 0.3) is 0 Å². The Kier molecular flexibility index (Phi) is 2.29. The van der Waals surface area contributed by atoms with Crippen LogP contribution in [0.25, 0.3) is 22.0 Å². The van der Waals surface area contributed by atoms with Gasteiger partial charge < -0.3 is 4.98 Å². The van der Waals surface area contributed by atoms with Gasteiger partial charge in [0.05, 0.1) is 0 Å². The predicted molar refractivity (Wildman–Crippen MR) is 71.4 cm³/mol. The highest BCUT2D eigenvalue weighted by molar-refractivity contribution is 9.10. The van der Waals surface area contributed by atoms with Crippen LogP contribution in [0.4, 0.5) is 0 Å². The van der Waals surface area contributed by atoms with Crippen molar-refractivity contribution in [1.82, 2.24) is 4.98 Å². The van der Waals surface area contributed by atoms with E-state index in [1.54, 1.807) is 0 Å². The van der Waals surface area contributed by atoms with Gasteiger partial charge in [0.2, 0.25) is 0 Å².